The zero-order valence-corrected chi connectivity index (χ0v) is 12.5. The number of unbranched alkanes of at least 4 members (excludes halogenated alkanes) is 1. The Balaban J connectivity index is -0.000000177. The molecule has 0 aliphatic carbocycles. The number of hydrogen-bond donors (Lipinski definition) is 3. The van der Waals surface area contributed by atoms with Crippen LogP contribution in [-0.4, -0.2) is 29.5 Å². The first kappa shape index (κ1) is 21.9. The van der Waals surface area contributed by atoms with Crippen molar-refractivity contribution in [3.63, 3.8) is 0 Å². The van der Waals surface area contributed by atoms with Crippen molar-refractivity contribution in [3.05, 3.63) is 18.2 Å². The van der Waals surface area contributed by atoms with Gasteiger partial charge in [-0.15, -0.1) is 0 Å². The second-order valence-electron chi connectivity index (χ2n) is 3.05. The van der Waals surface area contributed by atoms with E-state index in [2.05, 4.69) is 22.2 Å². The van der Waals surface area contributed by atoms with E-state index in [1.165, 1.54) is 12.8 Å². The van der Waals surface area contributed by atoms with Crippen molar-refractivity contribution in [2.75, 3.05) is 13.1 Å². The number of aromatic nitrogens is 2. The zero-order valence-electron chi connectivity index (χ0n) is 12.5. The van der Waals surface area contributed by atoms with Crippen molar-refractivity contribution < 1.29 is 4.79 Å². The number of rotatable bonds is 4. The van der Waals surface area contributed by atoms with Crippen LogP contribution in [0.5, 0.6) is 0 Å². The highest BCUT2D eigenvalue weighted by Gasteiger charge is 1.73. The predicted octanol–water partition coefficient (Wildman–Crippen LogP) is 2.24. The van der Waals surface area contributed by atoms with Gasteiger partial charge in [-0.2, -0.15) is 0 Å². The normalized spacial score (nSPS) is 7.44. The molecule has 0 fully saturated rings. The number of amides is 1. The molecule has 1 aromatic heterocycles. The fraction of sp³-hybridized carbons (Fsp3) is 0.692. The van der Waals surface area contributed by atoms with E-state index in [4.69, 9.17) is 5.73 Å². The van der Waals surface area contributed by atoms with Crippen molar-refractivity contribution in [3.8, 4) is 0 Å². The Morgan fingerprint density at radius 2 is 2.06 bits per heavy atom. The molecular formula is C13H30N4O. The lowest BCUT2D eigenvalue weighted by Crippen LogP contribution is -2.07. The number of hydrogen-bond acceptors (Lipinski definition) is 3. The fourth-order valence-electron chi connectivity index (χ4n) is 0.613. The van der Waals surface area contributed by atoms with Crippen LogP contribution in [0.2, 0.25) is 0 Å². The third kappa shape index (κ3) is 29.3. The van der Waals surface area contributed by atoms with Gasteiger partial charge < -0.3 is 16.0 Å². The van der Waals surface area contributed by atoms with Crippen LogP contribution in [0.15, 0.2) is 12.5 Å². The molecule has 0 aromatic carbocycles. The summed E-state index contributed by atoms with van der Waals surface area (Å²) >= 11 is 0. The molecule has 0 saturated heterocycles. The van der Waals surface area contributed by atoms with Crippen LogP contribution in [0.3, 0.4) is 0 Å². The maximum atomic E-state index is 9.29. The molecule has 1 amide bonds. The maximum Gasteiger partial charge on any atom is 0.207 e. The molecule has 108 valence electrons. The van der Waals surface area contributed by atoms with Gasteiger partial charge in [0, 0.05) is 18.4 Å². The Kier molecular flexibility index (Phi) is 30.1. The van der Waals surface area contributed by atoms with Gasteiger partial charge in [-0.1, -0.05) is 27.2 Å². The number of carbonyl (C=O) groups excluding carboxylic acids is 1. The Bertz CT molecular complexity index is 211. The van der Waals surface area contributed by atoms with Crippen LogP contribution in [0.1, 0.15) is 46.2 Å². The topological polar surface area (TPSA) is 83.8 Å². The molecule has 0 spiro atoms. The van der Waals surface area contributed by atoms with Gasteiger partial charge in [0.25, 0.3) is 0 Å². The van der Waals surface area contributed by atoms with E-state index in [0.717, 1.165) is 18.8 Å². The minimum atomic E-state index is 0.681. The molecular weight excluding hydrogens is 228 g/mol. The summed E-state index contributed by atoms with van der Waals surface area (Å²) in [6.07, 6.45) is 6.51. The molecule has 0 unspecified atom stereocenters. The number of aromatic amines is 1. The number of carbonyl (C=O) groups is 1. The number of nitrogens with one attached hydrogen (secondary N) is 2. The average Bonchev–Trinajstić information content (AvgIpc) is 2.86. The lowest BCUT2D eigenvalue weighted by atomic mass is 10.3. The molecule has 5 nitrogen and oxygen atoms in total. The molecule has 0 atom stereocenters. The summed E-state index contributed by atoms with van der Waals surface area (Å²) in [5, 5.41) is 2.43. The van der Waals surface area contributed by atoms with Gasteiger partial charge >= 0.3 is 0 Å². The molecule has 0 bridgehead atoms. The fourth-order valence-corrected chi connectivity index (χ4v) is 0.613. The van der Waals surface area contributed by atoms with Gasteiger partial charge in [0.2, 0.25) is 6.41 Å². The van der Waals surface area contributed by atoms with Crippen LogP contribution in [0.25, 0.3) is 0 Å². The first-order valence-corrected chi connectivity index (χ1v) is 6.54. The van der Waals surface area contributed by atoms with Crippen LogP contribution >= 0.6 is 0 Å². The number of H-pyrrole nitrogens is 1. The number of imidazole rings is 1. The van der Waals surface area contributed by atoms with Crippen LogP contribution in [0, 0.1) is 6.92 Å². The zero-order chi connectivity index (χ0) is 14.6. The molecule has 4 N–H and O–H groups in total. The largest absolute Gasteiger partial charge is 0.359 e. The van der Waals surface area contributed by atoms with Gasteiger partial charge in [0.1, 0.15) is 0 Å². The van der Waals surface area contributed by atoms with Gasteiger partial charge in [-0.05, 0) is 26.8 Å². The highest BCUT2D eigenvalue weighted by Crippen LogP contribution is 1.81. The summed E-state index contributed by atoms with van der Waals surface area (Å²) in [5.74, 6) is 0. The molecule has 0 aliphatic rings. The van der Waals surface area contributed by atoms with Crippen LogP contribution in [0.4, 0.5) is 0 Å². The summed E-state index contributed by atoms with van der Waals surface area (Å²) in [7, 11) is 0. The minimum absolute atomic E-state index is 0.681. The monoisotopic (exact) mass is 258 g/mol. The number of nitrogens with two attached hydrogens (primary N) is 1. The highest BCUT2D eigenvalue weighted by atomic mass is 16.1. The summed E-state index contributed by atoms with van der Waals surface area (Å²) in [5.41, 5.74) is 6.25. The Morgan fingerprint density at radius 3 is 2.11 bits per heavy atom. The second-order valence-corrected chi connectivity index (χ2v) is 3.05. The SMILES string of the molecule is CC.CCCCN.CCNC=O.Cc1cnc[nH]1. The summed E-state index contributed by atoms with van der Waals surface area (Å²) in [6, 6.07) is 0. The number of aryl methyl sites for hydroxylation is 1. The standard InChI is InChI=1S/C4H6N2.C4H11N.C3H7NO.C2H6/c1-4-2-5-3-6-4;1-2-3-4-5;1-2-4-3-5;1-2/h2-3H,1H3,(H,5,6);2-5H2,1H3;3H,2H2,1H3,(H,4,5);1-2H3. The van der Waals surface area contributed by atoms with Crippen molar-refractivity contribution in [1.82, 2.24) is 15.3 Å². The van der Waals surface area contributed by atoms with E-state index < -0.39 is 0 Å². The molecule has 0 saturated carbocycles. The van der Waals surface area contributed by atoms with E-state index in [9.17, 15) is 4.79 Å². The number of nitrogens with zero attached hydrogens (tertiary/aromatic N) is 1. The maximum absolute atomic E-state index is 9.29. The van der Waals surface area contributed by atoms with E-state index in [1.54, 1.807) is 12.5 Å². The molecule has 1 aromatic rings. The molecule has 1 rings (SSSR count). The lowest BCUT2D eigenvalue weighted by molar-refractivity contribution is -0.109. The molecule has 1 heterocycles. The first-order valence-electron chi connectivity index (χ1n) is 6.54. The summed E-state index contributed by atoms with van der Waals surface area (Å²) in [4.78, 5) is 15.9. The average molecular weight is 258 g/mol. The van der Waals surface area contributed by atoms with Gasteiger partial charge in [-0.25, -0.2) is 4.98 Å². The van der Waals surface area contributed by atoms with Crippen molar-refractivity contribution >= 4 is 6.41 Å². The van der Waals surface area contributed by atoms with E-state index in [1.807, 2.05) is 27.7 Å². The molecule has 18 heavy (non-hydrogen) atoms. The van der Waals surface area contributed by atoms with Gasteiger partial charge in [-0.3, -0.25) is 4.79 Å². The van der Waals surface area contributed by atoms with Crippen LogP contribution in [-0.2, 0) is 4.79 Å². The van der Waals surface area contributed by atoms with Crippen LogP contribution < -0.4 is 11.1 Å². The highest BCUT2D eigenvalue weighted by molar-refractivity contribution is 5.45. The summed E-state index contributed by atoms with van der Waals surface area (Å²) in [6.45, 7) is 11.5. The van der Waals surface area contributed by atoms with E-state index in [0.29, 0.717) is 6.41 Å². The Hall–Kier alpha value is -1.36. The second kappa shape index (κ2) is 24.7. The lowest BCUT2D eigenvalue weighted by Gasteiger charge is -1.80. The molecule has 0 radical (unpaired) electrons. The third-order valence-corrected chi connectivity index (χ3v) is 1.48. The van der Waals surface area contributed by atoms with Gasteiger partial charge in [0.15, 0.2) is 0 Å². The van der Waals surface area contributed by atoms with Crippen molar-refractivity contribution in [2.24, 2.45) is 5.73 Å². The van der Waals surface area contributed by atoms with Crippen molar-refractivity contribution in [1.29, 1.82) is 0 Å². The smallest absolute Gasteiger partial charge is 0.207 e. The Labute approximate surface area is 112 Å². The van der Waals surface area contributed by atoms with E-state index in [-0.39, 0.29) is 0 Å². The third-order valence-electron chi connectivity index (χ3n) is 1.48. The quantitative estimate of drug-likeness (QED) is 0.724. The molecule has 0 aliphatic heterocycles. The van der Waals surface area contributed by atoms with Gasteiger partial charge in [0.05, 0.1) is 6.33 Å². The first-order chi connectivity index (χ1) is 8.72. The van der Waals surface area contributed by atoms with Crippen molar-refractivity contribution in [2.45, 2.75) is 47.5 Å². The van der Waals surface area contributed by atoms with E-state index >= 15 is 0 Å². The Morgan fingerprint density at radius 1 is 1.44 bits per heavy atom. The predicted molar refractivity (Wildman–Crippen MR) is 78.4 cm³/mol. The molecule has 5 heteroatoms. The summed E-state index contributed by atoms with van der Waals surface area (Å²) < 4.78 is 0. The minimum Gasteiger partial charge on any atom is -0.359 e.